The maximum Gasteiger partial charge on any atom is 0.286 e. The van der Waals surface area contributed by atoms with E-state index in [-0.39, 0.29) is 5.91 Å². The summed E-state index contributed by atoms with van der Waals surface area (Å²) in [5.74, 6) is -0.300. The Balaban J connectivity index is 1.92. The van der Waals surface area contributed by atoms with Crippen LogP contribution in [0, 0.1) is 0 Å². The largest absolute Gasteiger partial charge is 0.363 e. The summed E-state index contributed by atoms with van der Waals surface area (Å²) in [6.07, 6.45) is 1.70. The van der Waals surface area contributed by atoms with Gasteiger partial charge in [0.05, 0.1) is 11.2 Å². The lowest BCUT2D eigenvalue weighted by Crippen LogP contribution is -2.12. The zero-order valence-electron chi connectivity index (χ0n) is 10.9. The Hall–Kier alpha value is -2.06. The van der Waals surface area contributed by atoms with Crippen LogP contribution in [0.2, 0.25) is 0 Å². The van der Waals surface area contributed by atoms with Crippen molar-refractivity contribution in [1.82, 2.24) is 15.2 Å². The summed E-state index contributed by atoms with van der Waals surface area (Å²) >= 11 is 4.58. The summed E-state index contributed by atoms with van der Waals surface area (Å²) in [5, 5.41) is 15.2. The number of nitrogens with one attached hydrogen (secondary N) is 2. The van der Waals surface area contributed by atoms with E-state index >= 15 is 0 Å². The number of halogens is 1. The van der Waals surface area contributed by atoms with Crippen molar-refractivity contribution in [1.29, 1.82) is 0 Å². The van der Waals surface area contributed by atoms with E-state index in [9.17, 15) is 4.79 Å². The van der Waals surface area contributed by atoms with Crippen molar-refractivity contribution in [3.05, 3.63) is 39.9 Å². The summed E-state index contributed by atoms with van der Waals surface area (Å²) in [6, 6.07) is 7.56. The molecule has 0 unspecified atom stereocenters. The molecule has 3 aromatic rings. The molecule has 0 spiro atoms. The van der Waals surface area contributed by atoms with E-state index in [1.54, 1.807) is 19.3 Å². The molecule has 0 aliphatic heterocycles. The van der Waals surface area contributed by atoms with Crippen molar-refractivity contribution in [3.8, 4) is 0 Å². The van der Waals surface area contributed by atoms with E-state index in [0.717, 1.165) is 15.4 Å². The Kier molecular flexibility index (Phi) is 3.80. The van der Waals surface area contributed by atoms with Gasteiger partial charge in [-0.3, -0.25) is 9.78 Å². The van der Waals surface area contributed by atoms with Gasteiger partial charge in [0.15, 0.2) is 0 Å². The highest BCUT2D eigenvalue weighted by atomic mass is 79.9. The number of benzene rings is 1. The number of pyridine rings is 1. The van der Waals surface area contributed by atoms with Crippen molar-refractivity contribution >= 4 is 54.9 Å². The number of carbonyl (C=O) groups is 1. The topological polar surface area (TPSA) is 79.8 Å². The zero-order valence-corrected chi connectivity index (χ0v) is 13.3. The number of amides is 1. The lowest BCUT2D eigenvalue weighted by Gasteiger charge is -2.06. The second-order valence-electron chi connectivity index (χ2n) is 4.15. The molecule has 0 saturated carbocycles. The average Bonchev–Trinajstić information content (AvgIpc) is 2.96. The first kappa shape index (κ1) is 13.9. The quantitative estimate of drug-likeness (QED) is 0.746. The molecule has 3 rings (SSSR count). The van der Waals surface area contributed by atoms with Crippen molar-refractivity contribution in [2.45, 2.75) is 0 Å². The second-order valence-corrected chi connectivity index (χ2v) is 6.04. The Morgan fingerprint density at radius 2 is 2.19 bits per heavy atom. The van der Waals surface area contributed by atoms with Crippen LogP contribution in [0.25, 0.3) is 10.9 Å². The molecule has 0 atom stereocenters. The van der Waals surface area contributed by atoms with Gasteiger partial charge < -0.3 is 10.6 Å². The first-order valence-corrected chi connectivity index (χ1v) is 7.65. The van der Waals surface area contributed by atoms with Crippen LogP contribution in [0.1, 0.15) is 9.80 Å². The third kappa shape index (κ3) is 2.86. The fourth-order valence-electron chi connectivity index (χ4n) is 1.83. The molecule has 2 aromatic heterocycles. The Labute approximate surface area is 132 Å². The highest BCUT2D eigenvalue weighted by molar-refractivity contribution is 9.10. The summed E-state index contributed by atoms with van der Waals surface area (Å²) in [7, 11) is 1.73. The van der Waals surface area contributed by atoms with Crippen molar-refractivity contribution in [3.63, 3.8) is 0 Å². The minimum absolute atomic E-state index is 0.300. The number of hydrogen-bond acceptors (Lipinski definition) is 6. The van der Waals surface area contributed by atoms with Gasteiger partial charge in [0, 0.05) is 23.1 Å². The SMILES string of the molecule is CNc1nnc(C(=O)Nc2cccc3cc(Br)cnc23)s1. The maximum atomic E-state index is 12.2. The van der Waals surface area contributed by atoms with Gasteiger partial charge in [-0.25, -0.2) is 0 Å². The van der Waals surface area contributed by atoms with Gasteiger partial charge in [-0.15, -0.1) is 10.2 Å². The van der Waals surface area contributed by atoms with Crippen LogP contribution >= 0.6 is 27.3 Å². The molecule has 0 aliphatic carbocycles. The van der Waals surface area contributed by atoms with Gasteiger partial charge in [0.25, 0.3) is 5.91 Å². The minimum atomic E-state index is -0.300. The second kappa shape index (κ2) is 5.74. The Morgan fingerprint density at radius 1 is 1.33 bits per heavy atom. The molecule has 0 fully saturated rings. The summed E-state index contributed by atoms with van der Waals surface area (Å²) in [4.78, 5) is 16.5. The number of fused-ring (bicyclic) bond motifs is 1. The molecule has 6 nitrogen and oxygen atoms in total. The number of nitrogens with zero attached hydrogens (tertiary/aromatic N) is 3. The molecule has 106 valence electrons. The van der Waals surface area contributed by atoms with Gasteiger partial charge in [-0.1, -0.05) is 23.5 Å². The average molecular weight is 364 g/mol. The molecule has 0 saturated heterocycles. The van der Waals surface area contributed by atoms with Gasteiger partial charge in [0.1, 0.15) is 0 Å². The van der Waals surface area contributed by atoms with E-state index in [0.29, 0.717) is 15.8 Å². The number of rotatable bonds is 3. The minimum Gasteiger partial charge on any atom is -0.363 e. The van der Waals surface area contributed by atoms with Crippen LogP contribution in [0.5, 0.6) is 0 Å². The predicted molar refractivity (Wildman–Crippen MR) is 86.9 cm³/mol. The van der Waals surface area contributed by atoms with Crippen molar-refractivity contribution in [2.75, 3.05) is 17.7 Å². The molecule has 1 aromatic carbocycles. The first-order valence-electron chi connectivity index (χ1n) is 6.04. The fraction of sp³-hybridized carbons (Fsp3) is 0.0769. The number of aromatic nitrogens is 3. The molecule has 1 amide bonds. The molecule has 21 heavy (non-hydrogen) atoms. The van der Waals surface area contributed by atoms with Crippen LogP contribution in [0.3, 0.4) is 0 Å². The normalized spacial score (nSPS) is 10.6. The van der Waals surface area contributed by atoms with E-state index in [4.69, 9.17) is 0 Å². The monoisotopic (exact) mass is 363 g/mol. The molecule has 2 heterocycles. The standard InChI is InChI=1S/C13H10BrN5OS/c1-15-13-19-18-12(21-13)11(20)17-9-4-2-3-7-5-8(14)6-16-10(7)9/h2-6H,1H3,(H,15,19)(H,17,20). The lowest BCUT2D eigenvalue weighted by molar-refractivity contribution is 0.102. The Bertz CT molecular complexity index is 819. The molecule has 0 aliphatic rings. The van der Waals surface area contributed by atoms with E-state index in [1.165, 1.54) is 11.3 Å². The van der Waals surface area contributed by atoms with Crippen molar-refractivity contribution < 1.29 is 4.79 Å². The number of hydrogen-bond donors (Lipinski definition) is 2. The van der Waals surface area contributed by atoms with Crippen LogP contribution in [0.15, 0.2) is 34.9 Å². The summed E-state index contributed by atoms with van der Waals surface area (Å²) < 4.78 is 0.890. The highest BCUT2D eigenvalue weighted by Crippen LogP contribution is 2.25. The highest BCUT2D eigenvalue weighted by Gasteiger charge is 2.14. The third-order valence-electron chi connectivity index (χ3n) is 2.76. The number of para-hydroxylation sites is 1. The van der Waals surface area contributed by atoms with E-state index in [1.807, 2.05) is 18.2 Å². The molecule has 0 bridgehead atoms. The van der Waals surface area contributed by atoms with Crippen LogP contribution < -0.4 is 10.6 Å². The lowest BCUT2D eigenvalue weighted by atomic mass is 10.2. The maximum absolute atomic E-state index is 12.2. The molecule has 2 N–H and O–H groups in total. The third-order valence-corrected chi connectivity index (χ3v) is 4.13. The predicted octanol–water partition coefficient (Wildman–Crippen LogP) is 3.14. The summed E-state index contributed by atoms with van der Waals surface area (Å²) in [6.45, 7) is 0. The van der Waals surface area contributed by atoms with E-state index < -0.39 is 0 Å². The number of anilines is 2. The Morgan fingerprint density at radius 3 is 2.95 bits per heavy atom. The van der Waals surface area contributed by atoms with Gasteiger partial charge in [0.2, 0.25) is 10.1 Å². The number of carbonyl (C=O) groups excluding carboxylic acids is 1. The van der Waals surface area contributed by atoms with Crippen LogP contribution in [-0.4, -0.2) is 28.1 Å². The molecule has 8 heteroatoms. The molecule has 0 radical (unpaired) electrons. The van der Waals surface area contributed by atoms with Crippen LogP contribution in [0.4, 0.5) is 10.8 Å². The molecular formula is C13H10BrN5OS. The van der Waals surface area contributed by atoms with Crippen molar-refractivity contribution in [2.24, 2.45) is 0 Å². The fourth-order valence-corrected chi connectivity index (χ4v) is 2.77. The van der Waals surface area contributed by atoms with Gasteiger partial charge in [-0.05, 0) is 28.1 Å². The smallest absolute Gasteiger partial charge is 0.286 e. The van der Waals surface area contributed by atoms with Crippen LogP contribution in [-0.2, 0) is 0 Å². The zero-order chi connectivity index (χ0) is 14.8. The first-order chi connectivity index (χ1) is 10.2. The van der Waals surface area contributed by atoms with Gasteiger partial charge >= 0.3 is 0 Å². The summed E-state index contributed by atoms with van der Waals surface area (Å²) in [5.41, 5.74) is 1.37. The van der Waals surface area contributed by atoms with E-state index in [2.05, 4.69) is 41.7 Å². The molecular weight excluding hydrogens is 354 g/mol. The van der Waals surface area contributed by atoms with Gasteiger partial charge in [-0.2, -0.15) is 0 Å².